The van der Waals surface area contributed by atoms with Crippen molar-refractivity contribution >= 4 is 6.09 Å². The van der Waals surface area contributed by atoms with E-state index in [1.165, 1.54) is 12.8 Å². The van der Waals surface area contributed by atoms with E-state index in [0.29, 0.717) is 6.04 Å². The van der Waals surface area contributed by atoms with E-state index < -0.39 is 11.7 Å². The van der Waals surface area contributed by atoms with Crippen molar-refractivity contribution in [3.05, 3.63) is 18.2 Å². The first kappa shape index (κ1) is 17.5. The predicted octanol–water partition coefficient (Wildman–Crippen LogP) is 4.22. The Morgan fingerprint density at radius 2 is 2.10 bits per heavy atom. The van der Waals surface area contributed by atoms with Crippen LogP contribution in [0.2, 0.25) is 0 Å². The molecule has 0 aliphatic rings. The molecule has 0 spiro atoms. The van der Waals surface area contributed by atoms with Crippen LogP contribution in [0.4, 0.5) is 4.79 Å². The molecule has 0 radical (unpaired) electrons. The summed E-state index contributed by atoms with van der Waals surface area (Å²) in [6, 6.07) is 0.247. The highest BCUT2D eigenvalue weighted by atomic mass is 16.6. The number of nitrogens with zero attached hydrogens (tertiary/aromatic N) is 2. The Balaban J connectivity index is 2.68. The molecule has 0 bridgehead atoms. The SMILES string of the molecule is CCCCC(C)n1cncc1C(C)NC(=O)OC(C)(C)C. The Hall–Kier alpha value is -1.52. The second-order valence-electron chi connectivity index (χ2n) is 6.58. The van der Waals surface area contributed by atoms with Crippen LogP contribution in [0.5, 0.6) is 0 Å². The molecule has 1 rings (SSSR count). The Labute approximate surface area is 128 Å². The van der Waals surface area contributed by atoms with Crippen molar-refractivity contribution in [2.75, 3.05) is 0 Å². The third-order valence-corrected chi connectivity index (χ3v) is 3.32. The number of hydrogen-bond donors (Lipinski definition) is 1. The standard InChI is InChI=1S/C16H29N3O2/c1-7-8-9-12(2)19-11-17-10-14(19)13(3)18-15(20)21-16(4,5)6/h10-13H,7-9H2,1-6H3,(H,18,20). The van der Waals surface area contributed by atoms with Crippen LogP contribution in [0.15, 0.2) is 12.5 Å². The average molecular weight is 295 g/mol. The van der Waals surface area contributed by atoms with Crippen molar-refractivity contribution in [3.8, 4) is 0 Å². The maximum Gasteiger partial charge on any atom is 0.408 e. The van der Waals surface area contributed by atoms with E-state index in [2.05, 4.69) is 28.7 Å². The lowest BCUT2D eigenvalue weighted by molar-refractivity contribution is 0.0505. The monoisotopic (exact) mass is 295 g/mol. The summed E-state index contributed by atoms with van der Waals surface area (Å²) in [7, 11) is 0. The summed E-state index contributed by atoms with van der Waals surface area (Å²) in [6.45, 7) is 11.9. The van der Waals surface area contributed by atoms with Gasteiger partial charge in [-0.2, -0.15) is 0 Å². The van der Waals surface area contributed by atoms with Crippen molar-refractivity contribution in [1.29, 1.82) is 0 Å². The van der Waals surface area contributed by atoms with Crippen molar-refractivity contribution in [2.45, 2.75) is 78.5 Å². The van der Waals surface area contributed by atoms with E-state index in [4.69, 9.17) is 4.74 Å². The maximum absolute atomic E-state index is 11.9. The van der Waals surface area contributed by atoms with Crippen molar-refractivity contribution < 1.29 is 9.53 Å². The zero-order valence-electron chi connectivity index (χ0n) is 14.1. The minimum atomic E-state index is -0.488. The molecule has 1 aromatic rings. The topological polar surface area (TPSA) is 56.2 Å². The summed E-state index contributed by atoms with van der Waals surface area (Å²) in [6.07, 6.45) is 6.73. The molecule has 5 heteroatoms. The zero-order valence-corrected chi connectivity index (χ0v) is 14.1. The first-order chi connectivity index (χ1) is 9.74. The summed E-state index contributed by atoms with van der Waals surface area (Å²) in [5.41, 5.74) is 0.516. The molecule has 5 nitrogen and oxygen atoms in total. The smallest absolute Gasteiger partial charge is 0.408 e. The van der Waals surface area contributed by atoms with E-state index in [-0.39, 0.29) is 6.04 Å². The largest absolute Gasteiger partial charge is 0.444 e. The molecule has 0 aromatic carbocycles. The molecule has 0 saturated heterocycles. The lowest BCUT2D eigenvalue weighted by Gasteiger charge is -2.24. The van der Waals surface area contributed by atoms with Crippen LogP contribution in [0.1, 0.15) is 78.6 Å². The van der Waals surface area contributed by atoms with E-state index in [9.17, 15) is 4.79 Å². The number of rotatable bonds is 6. The molecule has 0 fully saturated rings. The lowest BCUT2D eigenvalue weighted by atomic mass is 10.1. The zero-order chi connectivity index (χ0) is 16.0. The van der Waals surface area contributed by atoms with Crippen LogP contribution in [0.25, 0.3) is 0 Å². The molecule has 1 aromatic heterocycles. The lowest BCUT2D eigenvalue weighted by Crippen LogP contribution is -2.34. The molecule has 1 amide bonds. The van der Waals surface area contributed by atoms with Gasteiger partial charge >= 0.3 is 6.09 Å². The van der Waals surface area contributed by atoms with Gasteiger partial charge < -0.3 is 14.6 Å². The highest BCUT2D eigenvalue weighted by molar-refractivity contribution is 5.68. The molecule has 21 heavy (non-hydrogen) atoms. The second kappa shape index (κ2) is 7.48. The normalized spacial score (nSPS) is 14.6. The average Bonchev–Trinajstić information content (AvgIpc) is 2.82. The summed E-state index contributed by atoms with van der Waals surface area (Å²) in [4.78, 5) is 16.1. The fraction of sp³-hybridized carbons (Fsp3) is 0.750. The highest BCUT2D eigenvalue weighted by Crippen LogP contribution is 2.21. The Kier molecular flexibility index (Phi) is 6.24. The Morgan fingerprint density at radius 3 is 2.67 bits per heavy atom. The van der Waals surface area contributed by atoms with Gasteiger partial charge in [0.25, 0.3) is 0 Å². The third kappa shape index (κ3) is 5.78. The number of alkyl carbamates (subject to hydrolysis) is 1. The second-order valence-corrected chi connectivity index (χ2v) is 6.58. The van der Waals surface area contributed by atoms with E-state index in [1.807, 2.05) is 40.2 Å². The van der Waals surface area contributed by atoms with Crippen molar-refractivity contribution in [1.82, 2.24) is 14.9 Å². The van der Waals surface area contributed by atoms with Gasteiger partial charge in [0.05, 0.1) is 24.3 Å². The first-order valence-corrected chi connectivity index (χ1v) is 7.75. The maximum atomic E-state index is 11.9. The van der Waals surface area contributed by atoms with Crippen LogP contribution in [-0.4, -0.2) is 21.2 Å². The molecule has 2 unspecified atom stereocenters. The summed E-state index contributed by atoms with van der Waals surface area (Å²) in [5, 5.41) is 2.87. The van der Waals surface area contributed by atoms with Crippen LogP contribution < -0.4 is 5.32 Å². The Morgan fingerprint density at radius 1 is 1.43 bits per heavy atom. The first-order valence-electron chi connectivity index (χ1n) is 7.75. The summed E-state index contributed by atoms with van der Waals surface area (Å²) < 4.78 is 7.43. The minimum Gasteiger partial charge on any atom is -0.444 e. The number of nitrogens with one attached hydrogen (secondary N) is 1. The number of carbonyl (C=O) groups is 1. The Bertz CT molecular complexity index is 449. The summed E-state index contributed by atoms with van der Waals surface area (Å²) >= 11 is 0. The third-order valence-electron chi connectivity index (χ3n) is 3.32. The molecular formula is C16H29N3O2. The molecule has 0 aliphatic heterocycles. The van der Waals surface area contributed by atoms with Gasteiger partial charge in [0.15, 0.2) is 0 Å². The van der Waals surface area contributed by atoms with Gasteiger partial charge in [0.2, 0.25) is 0 Å². The molecular weight excluding hydrogens is 266 g/mol. The minimum absolute atomic E-state index is 0.133. The number of ether oxygens (including phenoxy) is 1. The van der Waals surface area contributed by atoms with Gasteiger partial charge in [-0.15, -0.1) is 0 Å². The van der Waals surface area contributed by atoms with Crippen LogP contribution in [-0.2, 0) is 4.74 Å². The van der Waals surface area contributed by atoms with E-state index >= 15 is 0 Å². The fourth-order valence-corrected chi connectivity index (χ4v) is 2.22. The molecule has 120 valence electrons. The quantitative estimate of drug-likeness (QED) is 0.855. The van der Waals surface area contributed by atoms with Crippen molar-refractivity contribution in [3.63, 3.8) is 0 Å². The number of aromatic nitrogens is 2. The number of unbranched alkanes of at least 4 members (excludes halogenated alkanes) is 1. The molecule has 0 aliphatic carbocycles. The number of imidazole rings is 1. The van der Waals surface area contributed by atoms with Gasteiger partial charge in [-0.1, -0.05) is 19.8 Å². The molecule has 1 heterocycles. The van der Waals surface area contributed by atoms with Crippen LogP contribution in [0.3, 0.4) is 0 Å². The van der Waals surface area contributed by atoms with Gasteiger partial charge in [-0.3, -0.25) is 0 Å². The molecule has 0 saturated carbocycles. The van der Waals surface area contributed by atoms with Gasteiger partial charge in [0, 0.05) is 6.04 Å². The van der Waals surface area contributed by atoms with E-state index in [1.54, 1.807) is 0 Å². The predicted molar refractivity (Wildman–Crippen MR) is 84.2 cm³/mol. The van der Waals surface area contributed by atoms with Crippen molar-refractivity contribution in [2.24, 2.45) is 0 Å². The number of hydrogen-bond acceptors (Lipinski definition) is 3. The van der Waals surface area contributed by atoms with Gasteiger partial charge in [-0.25, -0.2) is 9.78 Å². The number of carbonyl (C=O) groups excluding carboxylic acids is 1. The van der Waals surface area contributed by atoms with Crippen LogP contribution in [0, 0.1) is 0 Å². The number of amides is 1. The van der Waals surface area contributed by atoms with Crippen LogP contribution >= 0.6 is 0 Å². The van der Waals surface area contributed by atoms with E-state index in [0.717, 1.165) is 12.1 Å². The fourth-order valence-electron chi connectivity index (χ4n) is 2.22. The highest BCUT2D eigenvalue weighted by Gasteiger charge is 2.20. The molecule has 1 N–H and O–H groups in total. The molecule has 2 atom stereocenters. The van der Waals surface area contributed by atoms with Gasteiger partial charge in [-0.05, 0) is 41.0 Å². The summed E-state index contributed by atoms with van der Waals surface area (Å²) in [5.74, 6) is 0. The van der Waals surface area contributed by atoms with Gasteiger partial charge in [0.1, 0.15) is 5.60 Å².